The summed E-state index contributed by atoms with van der Waals surface area (Å²) in [6.07, 6.45) is 1.64. The van der Waals surface area contributed by atoms with Crippen LogP contribution in [-0.2, 0) is 9.84 Å². The third-order valence-corrected chi connectivity index (χ3v) is 5.39. The lowest BCUT2D eigenvalue weighted by Crippen LogP contribution is -2.40. The molecule has 0 radical (unpaired) electrons. The fourth-order valence-electron chi connectivity index (χ4n) is 1.74. The number of hydrogen-bond donors (Lipinski definition) is 0. The minimum Gasteiger partial charge on any atom is -0.229 e. The Morgan fingerprint density at radius 2 is 1.46 bits per heavy atom. The lowest BCUT2D eigenvalue weighted by Gasteiger charge is -2.44. The summed E-state index contributed by atoms with van der Waals surface area (Å²) < 4.78 is 22.5. The molecular formula is C10H20O2S. The van der Waals surface area contributed by atoms with E-state index in [1.165, 1.54) is 0 Å². The van der Waals surface area contributed by atoms with E-state index in [1.54, 1.807) is 0 Å². The molecule has 78 valence electrons. The van der Waals surface area contributed by atoms with Gasteiger partial charge in [0.25, 0.3) is 0 Å². The van der Waals surface area contributed by atoms with Gasteiger partial charge in [0.15, 0.2) is 0 Å². The molecule has 0 unspecified atom stereocenters. The Morgan fingerprint density at radius 1 is 1.08 bits per heavy atom. The van der Waals surface area contributed by atoms with Gasteiger partial charge in [0, 0.05) is 0 Å². The van der Waals surface area contributed by atoms with Crippen LogP contribution in [-0.4, -0.2) is 19.9 Å². The van der Waals surface area contributed by atoms with Crippen molar-refractivity contribution in [3.05, 3.63) is 0 Å². The molecule has 0 atom stereocenters. The van der Waals surface area contributed by atoms with E-state index in [4.69, 9.17) is 0 Å². The van der Waals surface area contributed by atoms with Crippen LogP contribution >= 0.6 is 0 Å². The van der Waals surface area contributed by atoms with Crippen molar-refractivity contribution < 1.29 is 8.42 Å². The molecule has 1 fully saturated rings. The van der Waals surface area contributed by atoms with E-state index in [0.717, 1.165) is 12.8 Å². The summed E-state index contributed by atoms with van der Waals surface area (Å²) in [6.45, 7) is 8.81. The molecule has 0 N–H and O–H groups in total. The summed E-state index contributed by atoms with van der Waals surface area (Å²) in [5.74, 6) is 0.752. The molecule has 0 aromatic carbocycles. The summed E-state index contributed by atoms with van der Waals surface area (Å²) in [4.78, 5) is 0. The molecule has 0 aromatic rings. The normalized spacial score (nSPS) is 27.1. The van der Waals surface area contributed by atoms with E-state index >= 15 is 0 Å². The Balaban J connectivity index is 2.79. The Labute approximate surface area is 81.6 Å². The summed E-state index contributed by atoms with van der Waals surface area (Å²) in [5, 5.41) is 0. The SMILES string of the molecule is CC(C)(C)C1(C)CCS(=O)(=O)CC1. The number of hydrogen-bond acceptors (Lipinski definition) is 2. The van der Waals surface area contributed by atoms with Crippen molar-refractivity contribution in [2.24, 2.45) is 10.8 Å². The van der Waals surface area contributed by atoms with E-state index in [-0.39, 0.29) is 10.8 Å². The summed E-state index contributed by atoms with van der Waals surface area (Å²) in [6, 6.07) is 0. The van der Waals surface area contributed by atoms with Gasteiger partial charge in [-0.05, 0) is 23.7 Å². The van der Waals surface area contributed by atoms with Crippen molar-refractivity contribution in [3.63, 3.8) is 0 Å². The molecule has 0 saturated carbocycles. The Bertz CT molecular complexity index is 269. The van der Waals surface area contributed by atoms with Crippen molar-refractivity contribution in [2.75, 3.05) is 11.5 Å². The predicted octanol–water partition coefficient (Wildman–Crippen LogP) is 2.25. The molecule has 0 amide bonds. The molecule has 0 aliphatic carbocycles. The number of rotatable bonds is 0. The van der Waals surface area contributed by atoms with Gasteiger partial charge in [-0.1, -0.05) is 27.7 Å². The largest absolute Gasteiger partial charge is 0.229 e. The first-order valence-electron chi connectivity index (χ1n) is 4.87. The van der Waals surface area contributed by atoms with E-state index < -0.39 is 9.84 Å². The Hall–Kier alpha value is -0.0500. The van der Waals surface area contributed by atoms with Crippen LogP contribution in [0.1, 0.15) is 40.5 Å². The van der Waals surface area contributed by atoms with E-state index in [9.17, 15) is 8.42 Å². The van der Waals surface area contributed by atoms with Gasteiger partial charge in [-0.15, -0.1) is 0 Å². The smallest absolute Gasteiger partial charge is 0.150 e. The van der Waals surface area contributed by atoms with Gasteiger partial charge in [0.1, 0.15) is 9.84 Å². The van der Waals surface area contributed by atoms with Crippen molar-refractivity contribution >= 4 is 9.84 Å². The van der Waals surface area contributed by atoms with Gasteiger partial charge in [-0.25, -0.2) is 8.42 Å². The van der Waals surface area contributed by atoms with Crippen molar-refractivity contribution in [3.8, 4) is 0 Å². The van der Waals surface area contributed by atoms with Crippen LogP contribution in [0.25, 0.3) is 0 Å². The fourth-order valence-corrected chi connectivity index (χ4v) is 3.47. The second-order valence-electron chi connectivity index (χ2n) is 5.46. The van der Waals surface area contributed by atoms with Gasteiger partial charge in [0.2, 0.25) is 0 Å². The van der Waals surface area contributed by atoms with Crippen LogP contribution < -0.4 is 0 Å². The average Bonchev–Trinajstić information content (AvgIpc) is 1.94. The lowest BCUT2D eigenvalue weighted by atomic mass is 9.64. The van der Waals surface area contributed by atoms with Gasteiger partial charge in [-0.3, -0.25) is 0 Å². The maximum absolute atomic E-state index is 11.3. The molecule has 1 aliphatic heterocycles. The second-order valence-corrected chi connectivity index (χ2v) is 7.77. The molecule has 0 spiro atoms. The van der Waals surface area contributed by atoms with Crippen LogP contribution in [0, 0.1) is 10.8 Å². The molecule has 0 aromatic heterocycles. The van der Waals surface area contributed by atoms with Crippen molar-refractivity contribution in [1.82, 2.24) is 0 Å². The Morgan fingerprint density at radius 3 is 1.77 bits per heavy atom. The van der Waals surface area contributed by atoms with E-state index in [0.29, 0.717) is 11.5 Å². The topological polar surface area (TPSA) is 34.1 Å². The highest BCUT2D eigenvalue weighted by atomic mass is 32.2. The van der Waals surface area contributed by atoms with Crippen LogP contribution in [0.15, 0.2) is 0 Å². The zero-order chi connectivity index (χ0) is 10.3. The number of sulfone groups is 1. The molecule has 3 heteroatoms. The molecular weight excluding hydrogens is 184 g/mol. The van der Waals surface area contributed by atoms with Gasteiger partial charge < -0.3 is 0 Å². The molecule has 1 heterocycles. The third-order valence-electron chi connectivity index (χ3n) is 3.74. The molecule has 1 saturated heterocycles. The quantitative estimate of drug-likeness (QED) is 0.606. The molecule has 1 rings (SSSR count). The van der Waals surface area contributed by atoms with Crippen LogP contribution in [0.5, 0.6) is 0 Å². The standard InChI is InChI=1S/C10H20O2S/c1-9(2,3)10(4)5-7-13(11,12)8-6-10/h5-8H2,1-4H3. The molecule has 2 nitrogen and oxygen atoms in total. The maximum Gasteiger partial charge on any atom is 0.150 e. The first-order valence-corrected chi connectivity index (χ1v) is 6.69. The van der Waals surface area contributed by atoms with Gasteiger partial charge in [-0.2, -0.15) is 0 Å². The first-order chi connectivity index (χ1) is 5.66. The molecule has 13 heavy (non-hydrogen) atoms. The molecule has 1 aliphatic rings. The lowest BCUT2D eigenvalue weighted by molar-refractivity contribution is 0.0947. The molecule has 0 bridgehead atoms. The van der Waals surface area contributed by atoms with Crippen LogP contribution in [0.3, 0.4) is 0 Å². The van der Waals surface area contributed by atoms with Crippen LogP contribution in [0.4, 0.5) is 0 Å². The third kappa shape index (κ3) is 2.25. The fraction of sp³-hybridized carbons (Fsp3) is 1.00. The van der Waals surface area contributed by atoms with Crippen molar-refractivity contribution in [1.29, 1.82) is 0 Å². The highest BCUT2D eigenvalue weighted by Gasteiger charge is 2.41. The van der Waals surface area contributed by atoms with Crippen LogP contribution in [0.2, 0.25) is 0 Å². The predicted molar refractivity (Wildman–Crippen MR) is 55.4 cm³/mol. The minimum absolute atomic E-state index is 0.193. The summed E-state index contributed by atoms with van der Waals surface area (Å²) in [5.41, 5.74) is 0.404. The monoisotopic (exact) mass is 204 g/mol. The van der Waals surface area contributed by atoms with E-state index in [2.05, 4.69) is 27.7 Å². The van der Waals surface area contributed by atoms with Crippen molar-refractivity contribution in [2.45, 2.75) is 40.5 Å². The van der Waals surface area contributed by atoms with E-state index in [1.807, 2.05) is 0 Å². The summed E-state index contributed by atoms with van der Waals surface area (Å²) >= 11 is 0. The maximum atomic E-state index is 11.3. The summed E-state index contributed by atoms with van der Waals surface area (Å²) in [7, 11) is -2.71. The zero-order valence-corrected chi connectivity index (χ0v) is 9.87. The highest BCUT2D eigenvalue weighted by Crippen LogP contribution is 2.46. The minimum atomic E-state index is -2.71. The van der Waals surface area contributed by atoms with Gasteiger partial charge >= 0.3 is 0 Å². The zero-order valence-electron chi connectivity index (χ0n) is 9.05. The second kappa shape index (κ2) is 2.97. The van der Waals surface area contributed by atoms with Gasteiger partial charge in [0.05, 0.1) is 11.5 Å². The highest BCUT2D eigenvalue weighted by molar-refractivity contribution is 7.91. The first kappa shape index (κ1) is 11.0. The Kier molecular flexibility index (Phi) is 2.52. The average molecular weight is 204 g/mol.